The molecule has 1 aromatic heterocycles. The third-order valence-corrected chi connectivity index (χ3v) is 4.58. The van der Waals surface area contributed by atoms with Gasteiger partial charge in [-0.25, -0.2) is 14.7 Å². The normalized spacial score (nSPS) is 11.0. The lowest BCUT2D eigenvalue weighted by atomic mass is 10.1. The molecular formula is C13H14BrN3O3S. The summed E-state index contributed by atoms with van der Waals surface area (Å²) >= 11 is 4.79. The molecule has 2 rings (SSSR count). The molecule has 0 amide bonds. The fourth-order valence-electron chi connectivity index (χ4n) is 1.79. The fraction of sp³-hybridized carbons (Fsp3) is 0.308. The van der Waals surface area contributed by atoms with E-state index in [1.807, 2.05) is 13.8 Å². The Bertz CT molecular complexity index is 724. The minimum Gasteiger partial charge on any atom is -0.478 e. The number of benzene rings is 1. The summed E-state index contributed by atoms with van der Waals surface area (Å²) in [5.41, 5.74) is 0.943. The SMILES string of the molecule is CC(C)n1c(SCc2ccc(C(=O)O)cc2Br)n[nH]c1=O. The van der Waals surface area contributed by atoms with Crippen molar-refractivity contribution in [1.29, 1.82) is 0 Å². The first kappa shape index (κ1) is 15.8. The quantitative estimate of drug-likeness (QED) is 0.788. The lowest BCUT2D eigenvalue weighted by molar-refractivity contribution is 0.0697. The molecule has 0 bridgehead atoms. The van der Waals surface area contributed by atoms with Crippen LogP contribution in [0, 0.1) is 0 Å². The maximum Gasteiger partial charge on any atom is 0.344 e. The Morgan fingerprint density at radius 2 is 2.24 bits per heavy atom. The van der Waals surface area contributed by atoms with Crippen molar-refractivity contribution < 1.29 is 9.90 Å². The van der Waals surface area contributed by atoms with Gasteiger partial charge in [-0.05, 0) is 31.5 Å². The van der Waals surface area contributed by atoms with E-state index >= 15 is 0 Å². The number of hydrogen-bond donors (Lipinski definition) is 2. The molecule has 2 aromatic rings. The third kappa shape index (κ3) is 3.56. The molecule has 1 aromatic carbocycles. The highest BCUT2D eigenvalue weighted by Crippen LogP contribution is 2.27. The summed E-state index contributed by atoms with van der Waals surface area (Å²) in [5.74, 6) is -0.381. The Labute approximate surface area is 133 Å². The van der Waals surface area contributed by atoms with E-state index in [-0.39, 0.29) is 17.3 Å². The number of nitrogens with one attached hydrogen (secondary N) is 1. The summed E-state index contributed by atoms with van der Waals surface area (Å²) in [6, 6.07) is 4.91. The van der Waals surface area contributed by atoms with Crippen molar-refractivity contribution in [3.05, 3.63) is 44.3 Å². The Kier molecular flexibility index (Phi) is 4.89. The Morgan fingerprint density at radius 3 is 2.81 bits per heavy atom. The van der Waals surface area contributed by atoms with E-state index in [0.717, 1.165) is 10.0 Å². The zero-order chi connectivity index (χ0) is 15.6. The van der Waals surface area contributed by atoms with E-state index in [1.165, 1.54) is 11.8 Å². The number of thioether (sulfide) groups is 1. The van der Waals surface area contributed by atoms with Crippen LogP contribution in [0.2, 0.25) is 0 Å². The molecule has 2 N–H and O–H groups in total. The van der Waals surface area contributed by atoms with Crippen molar-refractivity contribution in [2.24, 2.45) is 0 Å². The van der Waals surface area contributed by atoms with Crippen molar-refractivity contribution in [2.45, 2.75) is 30.8 Å². The molecule has 0 aliphatic rings. The first-order valence-electron chi connectivity index (χ1n) is 6.21. The molecule has 0 saturated heterocycles. The number of carboxylic acids is 1. The van der Waals surface area contributed by atoms with Gasteiger partial charge in [0, 0.05) is 16.3 Å². The second-order valence-electron chi connectivity index (χ2n) is 4.68. The first-order chi connectivity index (χ1) is 9.90. The fourth-order valence-corrected chi connectivity index (χ4v) is 3.57. The summed E-state index contributed by atoms with van der Waals surface area (Å²) in [5, 5.41) is 16.0. The number of aromatic amines is 1. The number of halogens is 1. The van der Waals surface area contributed by atoms with Gasteiger partial charge >= 0.3 is 11.7 Å². The number of aromatic carboxylic acids is 1. The van der Waals surface area contributed by atoms with Crippen LogP contribution in [0.3, 0.4) is 0 Å². The highest BCUT2D eigenvalue weighted by Gasteiger charge is 2.13. The third-order valence-electron chi connectivity index (χ3n) is 2.85. The van der Waals surface area contributed by atoms with Gasteiger partial charge in [-0.1, -0.05) is 33.8 Å². The van der Waals surface area contributed by atoms with Crippen molar-refractivity contribution >= 4 is 33.7 Å². The van der Waals surface area contributed by atoms with E-state index in [2.05, 4.69) is 26.1 Å². The van der Waals surface area contributed by atoms with Crippen LogP contribution in [-0.2, 0) is 5.75 Å². The molecule has 0 fully saturated rings. The number of carbonyl (C=O) groups is 1. The first-order valence-corrected chi connectivity index (χ1v) is 7.99. The van der Waals surface area contributed by atoms with Crippen LogP contribution >= 0.6 is 27.7 Å². The lowest BCUT2D eigenvalue weighted by Crippen LogP contribution is -2.19. The Balaban J connectivity index is 2.17. The predicted octanol–water partition coefficient (Wildman–Crippen LogP) is 2.91. The monoisotopic (exact) mass is 371 g/mol. The van der Waals surface area contributed by atoms with E-state index in [0.29, 0.717) is 10.9 Å². The van der Waals surface area contributed by atoms with Crippen LogP contribution in [0.15, 0.2) is 32.6 Å². The van der Waals surface area contributed by atoms with Gasteiger partial charge in [0.05, 0.1) is 5.56 Å². The highest BCUT2D eigenvalue weighted by molar-refractivity contribution is 9.10. The minimum absolute atomic E-state index is 0.0246. The van der Waals surface area contributed by atoms with Gasteiger partial charge in [0.25, 0.3) is 0 Å². The Hall–Kier alpha value is -1.54. The number of hydrogen-bond acceptors (Lipinski definition) is 4. The van der Waals surface area contributed by atoms with Crippen molar-refractivity contribution in [2.75, 3.05) is 0 Å². The van der Waals surface area contributed by atoms with Crippen LogP contribution in [0.25, 0.3) is 0 Å². The van der Waals surface area contributed by atoms with E-state index in [9.17, 15) is 9.59 Å². The predicted molar refractivity (Wildman–Crippen MR) is 83.9 cm³/mol. The van der Waals surface area contributed by atoms with Crippen molar-refractivity contribution in [3.63, 3.8) is 0 Å². The van der Waals surface area contributed by atoms with Gasteiger partial charge in [0.2, 0.25) is 0 Å². The van der Waals surface area contributed by atoms with Crippen LogP contribution in [0.1, 0.15) is 35.8 Å². The van der Waals surface area contributed by atoms with Gasteiger partial charge < -0.3 is 5.11 Å². The Morgan fingerprint density at radius 1 is 1.52 bits per heavy atom. The molecule has 8 heteroatoms. The molecule has 0 unspecified atom stereocenters. The number of H-pyrrole nitrogens is 1. The van der Waals surface area contributed by atoms with Gasteiger partial charge in [-0.3, -0.25) is 4.57 Å². The minimum atomic E-state index is -0.962. The molecule has 0 aliphatic heterocycles. The maximum atomic E-state index is 11.6. The van der Waals surface area contributed by atoms with Gasteiger partial charge in [-0.2, -0.15) is 0 Å². The molecular weight excluding hydrogens is 358 g/mol. The average Bonchev–Trinajstić information content (AvgIpc) is 2.78. The highest BCUT2D eigenvalue weighted by atomic mass is 79.9. The summed E-state index contributed by atoms with van der Waals surface area (Å²) in [6.07, 6.45) is 0. The standard InChI is InChI=1S/C13H14BrN3O3S/c1-7(2)17-12(20)15-16-13(17)21-6-9-4-3-8(11(18)19)5-10(9)14/h3-5,7H,6H2,1-2H3,(H,15,20)(H,18,19). The number of aromatic nitrogens is 3. The van der Waals surface area contributed by atoms with Crippen LogP contribution in [0.5, 0.6) is 0 Å². The number of carboxylic acid groups (broad SMARTS) is 1. The number of rotatable bonds is 5. The summed E-state index contributed by atoms with van der Waals surface area (Å²) in [4.78, 5) is 22.5. The molecule has 0 spiro atoms. The van der Waals surface area contributed by atoms with E-state index in [4.69, 9.17) is 5.11 Å². The number of nitrogens with zero attached hydrogens (tertiary/aromatic N) is 2. The van der Waals surface area contributed by atoms with Crippen LogP contribution in [-0.4, -0.2) is 25.8 Å². The molecule has 0 radical (unpaired) electrons. The molecule has 112 valence electrons. The van der Waals surface area contributed by atoms with E-state index < -0.39 is 5.97 Å². The second kappa shape index (κ2) is 6.48. The smallest absolute Gasteiger partial charge is 0.344 e. The molecule has 0 atom stereocenters. The zero-order valence-electron chi connectivity index (χ0n) is 11.5. The summed E-state index contributed by atoms with van der Waals surface area (Å²) in [7, 11) is 0. The van der Waals surface area contributed by atoms with E-state index in [1.54, 1.807) is 22.8 Å². The van der Waals surface area contributed by atoms with Crippen molar-refractivity contribution in [3.8, 4) is 0 Å². The van der Waals surface area contributed by atoms with Crippen LogP contribution in [0.4, 0.5) is 0 Å². The maximum absolute atomic E-state index is 11.6. The second-order valence-corrected chi connectivity index (χ2v) is 6.47. The molecule has 1 heterocycles. The summed E-state index contributed by atoms with van der Waals surface area (Å²) < 4.78 is 2.31. The van der Waals surface area contributed by atoms with Gasteiger partial charge in [-0.15, -0.1) is 5.10 Å². The summed E-state index contributed by atoms with van der Waals surface area (Å²) in [6.45, 7) is 3.83. The van der Waals surface area contributed by atoms with Crippen LogP contribution < -0.4 is 5.69 Å². The zero-order valence-corrected chi connectivity index (χ0v) is 13.9. The lowest BCUT2D eigenvalue weighted by Gasteiger charge is -2.09. The van der Waals surface area contributed by atoms with Crippen molar-refractivity contribution in [1.82, 2.24) is 14.8 Å². The largest absolute Gasteiger partial charge is 0.478 e. The molecule has 21 heavy (non-hydrogen) atoms. The average molecular weight is 372 g/mol. The molecule has 6 nitrogen and oxygen atoms in total. The van der Waals surface area contributed by atoms with Gasteiger partial charge in [0.1, 0.15) is 0 Å². The molecule has 0 aliphatic carbocycles. The molecule has 0 saturated carbocycles. The topological polar surface area (TPSA) is 88.0 Å². The van der Waals surface area contributed by atoms with Gasteiger partial charge in [0.15, 0.2) is 5.16 Å².